The highest BCUT2D eigenvalue weighted by Gasteiger charge is 2.41. The number of carboxylic acid groups (broad SMARTS) is 1. The van der Waals surface area contributed by atoms with Crippen LogP contribution in [0.25, 0.3) is 0 Å². The number of aliphatic carboxylic acids is 1. The van der Waals surface area contributed by atoms with Crippen molar-refractivity contribution in [2.45, 2.75) is 56.5 Å². The van der Waals surface area contributed by atoms with Gasteiger partial charge in [0.2, 0.25) is 0 Å². The molecule has 5 heteroatoms. The number of alkyl halides is 1. The van der Waals surface area contributed by atoms with Crippen LogP contribution in [0.4, 0.5) is 4.39 Å². The van der Waals surface area contributed by atoms with Gasteiger partial charge in [-0.3, -0.25) is 9.69 Å². The number of piperidine rings is 1. The average molecular weight is 464 g/mol. The number of carboxylic acids is 1. The Morgan fingerprint density at radius 1 is 1.03 bits per heavy atom. The van der Waals surface area contributed by atoms with Crippen molar-refractivity contribution in [3.05, 3.63) is 96.1 Å². The lowest BCUT2D eigenvalue weighted by Crippen LogP contribution is -2.52. The van der Waals surface area contributed by atoms with Crippen molar-refractivity contribution in [1.82, 2.24) is 4.90 Å². The van der Waals surface area contributed by atoms with Gasteiger partial charge >= 0.3 is 5.97 Å². The van der Waals surface area contributed by atoms with Crippen LogP contribution in [-0.4, -0.2) is 46.9 Å². The summed E-state index contributed by atoms with van der Waals surface area (Å²) in [5.41, 5.74) is 0.619. The van der Waals surface area contributed by atoms with Crippen molar-refractivity contribution in [3.63, 3.8) is 0 Å². The van der Waals surface area contributed by atoms with Crippen molar-refractivity contribution in [2.24, 2.45) is 5.92 Å². The van der Waals surface area contributed by atoms with Gasteiger partial charge in [-0.25, -0.2) is 4.39 Å². The van der Waals surface area contributed by atoms with Gasteiger partial charge in [0.05, 0.1) is 18.1 Å². The summed E-state index contributed by atoms with van der Waals surface area (Å²) in [5.74, 6) is -1.70. The number of nitrogens with zero attached hydrogens (tertiary/aromatic N) is 1. The number of halogens is 1. The van der Waals surface area contributed by atoms with Gasteiger partial charge in [0.1, 0.15) is 6.10 Å². The van der Waals surface area contributed by atoms with Crippen LogP contribution in [0.5, 0.6) is 0 Å². The monoisotopic (exact) mass is 463 g/mol. The predicted molar refractivity (Wildman–Crippen MR) is 132 cm³/mol. The smallest absolute Gasteiger partial charge is 0.314 e. The maximum Gasteiger partial charge on any atom is 0.314 e. The Morgan fingerprint density at radius 3 is 2.03 bits per heavy atom. The largest absolute Gasteiger partial charge is 0.481 e. The average Bonchev–Trinajstić information content (AvgIpc) is 2.87. The molecule has 1 fully saturated rings. The maximum atomic E-state index is 16.0. The van der Waals surface area contributed by atoms with Gasteiger partial charge in [0.15, 0.2) is 5.67 Å². The van der Waals surface area contributed by atoms with Crippen LogP contribution in [0.1, 0.15) is 49.8 Å². The predicted octanol–water partition coefficient (Wildman–Crippen LogP) is 5.96. The third-order valence-corrected chi connectivity index (χ3v) is 6.93. The molecule has 0 amide bonds. The second kappa shape index (κ2) is 11.1. The van der Waals surface area contributed by atoms with Crippen molar-refractivity contribution in [1.29, 1.82) is 0 Å². The van der Waals surface area contributed by atoms with E-state index in [1.807, 2.05) is 36.4 Å². The Morgan fingerprint density at radius 2 is 1.56 bits per heavy atom. The van der Waals surface area contributed by atoms with Crippen molar-refractivity contribution >= 4 is 5.97 Å². The van der Waals surface area contributed by atoms with Gasteiger partial charge in [0, 0.05) is 13.1 Å². The zero-order chi connectivity index (χ0) is 24.0. The minimum atomic E-state index is -1.65. The maximum absolute atomic E-state index is 16.0. The van der Waals surface area contributed by atoms with Crippen molar-refractivity contribution in [3.8, 4) is 0 Å². The minimum absolute atomic E-state index is 0.0910. The first-order valence-electron chi connectivity index (χ1n) is 12.3. The fourth-order valence-corrected chi connectivity index (χ4v) is 5.09. The summed E-state index contributed by atoms with van der Waals surface area (Å²) in [4.78, 5) is 13.5. The Kier molecular flexibility index (Phi) is 7.96. The minimum Gasteiger partial charge on any atom is -0.481 e. The van der Waals surface area contributed by atoms with E-state index >= 15 is 4.39 Å². The third kappa shape index (κ3) is 5.65. The summed E-state index contributed by atoms with van der Waals surface area (Å²) in [6, 6.07) is 20.3. The molecule has 1 unspecified atom stereocenters. The molecule has 0 bridgehead atoms. The summed E-state index contributed by atoms with van der Waals surface area (Å²) >= 11 is 0. The SMILES string of the molecule is CCCC(N1CCC(OC(c2ccccc2)c2ccccc2)CC1)C1(F)C=CC(C(=O)O)C=C1. The molecule has 4 rings (SSSR count). The highest BCUT2D eigenvalue weighted by molar-refractivity contribution is 5.75. The van der Waals surface area contributed by atoms with E-state index in [1.54, 1.807) is 0 Å². The highest BCUT2D eigenvalue weighted by atomic mass is 19.1. The molecule has 2 aliphatic rings. The molecule has 1 aliphatic heterocycles. The number of hydrogen-bond acceptors (Lipinski definition) is 3. The standard InChI is InChI=1S/C29H34FNO3/c1-2-9-26(29(30)18-14-24(15-19-29)28(32)33)31-20-16-25(17-21-31)34-27(22-10-5-3-6-11-22)23-12-7-4-8-13-23/h3-8,10-15,18-19,24-27H,2,9,16-17,20-21H2,1H3,(H,32,33). The molecular weight excluding hydrogens is 429 g/mol. The molecule has 1 heterocycles. The van der Waals surface area contributed by atoms with E-state index in [4.69, 9.17) is 4.74 Å². The lowest BCUT2D eigenvalue weighted by Gasteiger charge is -2.43. The van der Waals surface area contributed by atoms with Crippen molar-refractivity contribution < 1.29 is 19.0 Å². The van der Waals surface area contributed by atoms with E-state index in [1.165, 1.54) is 24.3 Å². The van der Waals surface area contributed by atoms with E-state index in [0.29, 0.717) is 6.42 Å². The number of benzene rings is 2. The molecule has 2 aromatic carbocycles. The number of rotatable bonds is 9. The van der Waals surface area contributed by atoms with Gasteiger partial charge in [-0.1, -0.05) is 86.2 Å². The van der Waals surface area contributed by atoms with Gasteiger partial charge in [-0.05, 0) is 42.5 Å². The Hall–Kier alpha value is -2.76. The van der Waals surface area contributed by atoms with Gasteiger partial charge in [0.25, 0.3) is 0 Å². The van der Waals surface area contributed by atoms with Gasteiger partial charge in [-0.2, -0.15) is 0 Å². The molecule has 0 saturated carbocycles. The number of hydrogen-bond donors (Lipinski definition) is 1. The van der Waals surface area contributed by atoms with E-state index < -0.39 is 17.6 Å². The summed E-state index contributed by atoms with van der Waals surface area (Å²) in [5, 5.41) is 9.22. The van der Waals surface area contributed by atoms with Crippen LogP contribution in [-0.2, 0) is 9.53 Å². The van der Waals surface area contributed by atoms with Crippen LogP contribution in [0, 0.1) is 5.92 Å². The molecule has 0 spiro atoms. The Labute approximate surface area is 201 Å². The van der Waals surface area contributed by atoms with Crippen LogP contribution in [0.3, 0.4) is 0 Å². The molecule has 0 aromatic heterocycles. The summed E-state index contributed by atoms with van der Waals surface area (Å²) in [7, 11) is 0. The zero-order valence-electron chi connectivity index (χ0n) is 19.7. The fourth-order valence-electron chi connectivity index (χ4n) is 5.09. The topological polar surface area (TPSA) is 49.8 Å². The lowest BCUT2D eigenvalue weighted by atomic mass is 9.84. The molecular formula is C29H34FNO3. The Balaban J connectivity index is 1.43. The molecule has 4 nitrogen and oxygen atoms in total. The van der Waals surface area contributed by atoms with E-state index in [-0.39, 0.29) is 18.2 Å². The van der Waals surface area contributed by atoms with Crippen molar-refractivity contribution in [2.75, 3.05) is 13.1 Å². The first-order valence-corrected chi connectivity index (χ1v) is 12.3. The third-order valence-electron chi connectivity index (χ3n) is 6.93. The molecule has 0 radical (unpaired) electrons. The molecule has 1 N–H and O–H groups in total. The number of carbonyl (C=O) groups is 1. The second-order valence-electron chi connectivity index (χ2n) is 9.29. The van der Waals surface area contributed by atoms with E-state index in [0.717, 1.165) is 43.5 Å². The van der Waals surface area contributed by atoms with Crippen LogP contribution in [0.2, 0.25) is 0 Å². The zero-order valence-corrected chi connectivity index (χ0v) is 19.7. The summed E-state index contributed by atoms with van der Waals surface area (Å²) in [6.07, 6.45) is 9.06. The van der Waals surface area contributed by atoms with Gasteiger partial charge < -0.3 is 9.84 Å². The van der Waals surface area contributed by atoms with Crippen LogP contribution >= 0.6 is 0 Å². The fraction of sp³-hybridized carbons (Fsp3) is 0.414. The molecule has 180 valence electrons. The number of likely N-dealkylation sites (tertiary alicyclic amines) is 1. The van der Waals surface area contributed by atoms with E-state index in [2.05, 4.69) is 36.1 Å². The molecule has 1 atom stereocenters. The van der Waals surface area contributed by atoms with Crippen LogP contribution < -0.4 is 0 Å². The quantitative estimate of drug-likeness (QED) is 0.466. The Bertz CT molecular complexity index is 929. The van der Waals surface area contributed by atoms with Gasteiger partial charge in [-0.15, -0.1) is 0 Å². The summed E-state index contributed by atoms with van der Waals surface area (Å²) in [6.45, 7) is 3.57. The second-order valence-corrected chi connectivity index (χ2v) is 9.29. The normalized spacial score (nSPS) is 24.4. The first kappa shape index (κ1) is 24.4. The molecule has 1 aliphatic carbocycles. The molecule has 2 aromatic rings. The molecule has 34 heavy (non-hydrogen) atoms. The lowest BCUT2D eigenvalue weighted by molar-refractivity contribution is -0.138. The molecule has 1 saturated heterocycles. The number of ether oxygens (including phenoxy) is 1. The highest BCUT2D eigenvalue weighted by Crippen LogP contribution is 2.35. The first-order chi connectivity index (χ1) is 16.5. The van der Waals surface area contributed by atoms with Crippen LogP contribution in [0.15, 0.2) is 85.0 Å². The summed E-state index contributed by atoms with van der Waals surface area (Å²) < 4.78 is 22.6. The van der Waals surface area contributed by atoms with E-state index in [9.17, 15) is 9.90 Å².